The second-order valence-electron chi connectivity index (χ2n) is 6.10. The standard InChI is InChI=1S/C19H18ClN3O/c20-16-7-5-14(6-8-16)18-17(22-24-19(18)21)12-23-10-9-13-3-1-2-4-15(13)11-23/h1-8H,9-12,21H2. The van der Waals surface area contributed by atoms with Crippen molar-refractivity contribution >= 4 is 17.5 Å². The van der Waals surface area contributed by atoms with Gasteiger partial charge in [-0.1, -0.05) is 53.2 Å². The molecule has 0 saturated heterocycles. The van der Waals surface area contributed by atoms with Crippen LogP contribution in [-0.4, -0.2) is 16.6 Å². The lowest BCUT2D eigenvalue weighted by molar-refractivity contribution is 0.238. The molecule has 1 aliphatic heterocycles. The molecule has 3 aromatic rings. The zero-order valence-corrected chi connectivity index (χ0v) is 14.0. The quantitative estimate of drug-likeness (QED) is 0.779. The summed E-state index contributed by atoms with van der Waals surface area (Å²) in [4.78, 5) is 2.37. The monoisotopic (exact) mass is 339 g/mol. The van der Waals surface area contributed by atoms with E-state index in [1.165, 1.54) is 11.1 Å². The molecular formula is C19H18ClN3O. The third-order valence-electron chi connectivity index (χ3n) is 4.51. The summed E-state index contributed by atoms with van der Waals surface area (Å²) in [6, 6.07) is 16.2. The first-order valence-electron chi connectivity index (χ1n) is 8.00. The van der Waals surface area contributed by atoms with Crippen molar-refractivity contribution in [3.8, 4) is 11.1 Å². The van der Waals surface area contributed by atoms with E-state index in [-0.39, 0.29) is 0 Å². The first-order valence-corrected chi connectivity index (χ1v) is 8.37. The van der Waals surface area contributed by atoms with Gasteiger partial charge in [0.25, 0.3) is 0 Å². The molecule has 0 unspecified atom stereocenters. The minimum Gasteiger partial charge on any atom is -0.367 e. The molecule has 0 radical (unpaired) electrons. The Kier molecular flexibility index (Phi) is 4.00. The van der Waals surface area contributed by atoms with Crippen molar-refractivity contribution < 1.29 is 4.52 Å². The van der Waals surface area contributed by atoms with Crippen LogP contribution in [0.15, 0.2) is 53.1 Å². The average molecular weight is 340 g/mol. The maximum atomic E-state index is 6.01. The number of anilines is 1. The Morgan fingerprint density at radius 1 is 1.08 bits per heavy atom. The summed E-state index contributed by atoms with van der Waals surface area (Å²) in [5, 5.41) is 4.89. The number of benzene rings is 2. The van der Waals surface area contributed by atoms with Crippen LogP contribution in [0.4, 0.5) is 5.88 Å². The van der Waals surface area contributed by atoms with Gasteiger partial charge in [-0.3, -0.25) is 4.90 Å². The number of hydrogen-bond donors (Lipinski definition) is 1. The highest BCUT2D eigenvalue weighted by molar-refractivity contribution is 6.30. The van der Waals surface area contributed by atoms with Crippen molar-refractivity contribution in [1.82, 2.24) is 10.1 Å². The van der Waals surface area contributed by atoms with Crippen LogP contribution in [0.25, 0.3) is 11.1 Å². The fourth-order valence-corrected chi connectivity index (χ4v) is 3.40. The van der Waals surface area contributed by atoms with E-state index in [4.69, 9.17) is 21.9 Å². The Morgan fingerprint density at radius 3 is 2.62 bits per heavy atom. The van der Waals surface area contributed by atoms with Crippen molar-refractivity contribution in [2.24, 2.45) is 0 Å². The number of nitrogens with two attached hydrogens (primary N) is 1. The molecule has 2 N–H and O–H groups in total. The fourth-order valence-electron chi connectivity index (χ4n) is 3.27. The zero-order chi connectivity index (χ0) is 16.5. The van der Waals surface area contributed by atoms with Crippen LogP contribution in [0.5, 0.6) is 0 Å². The fraction of sp³-hybridized carbons (Fsp3) is 0.211. The molecule has 0 amide bonds. The van der Waals surface area contributed by atoms with Crippen molar-refractivity contribution in [3.05, 3.63) is 70.4 Å². The van der Waals surface area contributed by atoms with E-state index in [1.54, 1.807) is 0 Å². The molecular weight excluding hydrogens is 322 g/mol. The summed E-state index contributed by atoms with van der Waals surface area (Å²) in [7, 11) is 0. The number of rotatable bonds is 3. The molecule has 1 aromatic heterocycles. The molecule has 0 bridgehead atoms. The van der Waals surface area contributed by atoms with Gasteiger partial charge in [0.2, 0.25) is 5.88 Å². The smallest absolute Gasteiger partial charge is 0.230 e. The Morgan fingerprint density at radius 2 is 1.83 bits per heavy atom. The molecule has 5 heteroatoms. The van der Waals surface area contributed by atoms with Crippen LogP contribution in [0, 0.1) is 0 Å². The van der Waals surface area contributed by atoms with Gasteiger partial charge in [-0.05, 0) is 35.2 Å². The Hall–Kier alpha value is -2.30. The highest BCUT2D eigenvalue weighted by Gasteiger charge is 2.21. The molecule has 2 aromatic carbocycles. The second kappa shape index (κ2) is 6.30. The topological polar surface area (TPSA) is 55.3 Å². The van der Waals surface area contributed by atoms with Gasteiger partial charge < -0.3 is 10.3 Å². The molecule has 1 aliphatic rings. The van der Waals surface area contributed by atoms with E-state index in [1.807, 2.05) is 24.3 Å². The van der Waals surface area contributed by atoms with Gasteiger partial charge in [0, 0.05) is 24.7 Å². The third-order valence-corrected chi connectivity index (χ3v) is 4.76. The molecule has 24 heavy (non-hydrogen) atoms. The summed E-state index contributed by atoms with van der Waals surface area (Å²) in [5.41, 5.74) is 11.5. The van der Waals surface area contributed by atoms with Crippen LogP contribution < -0.4 is 5.73 Å². The van der Waals surface area contributed by atoms with E-state index in [0.717, 1.165) is 36.3 Å². The van der Waals surface area contributed by atoms with Crippen LogP contribution in [-0.2, 0) is 19.5 Å². The van der Waals surface area contributed by atoms with Crippen molar-refractivity contribution in [1.29, 1.82) is 0 Å². The summed E-state index contributed by atoms with van der Waals surface area (Å²) < 4.78 is 5.26. The lowest BCUT2D eigenvalue weighted by Crippen LogP contribution is -2.30. The normalized spacial score (nSPS) is 14.5. The Labute approximate surface area is 145 Å². The highest BCUT2D eigenvalue weighted by Crippen LogP contribution is 2.32. The van der Waals surface area contributed by atoms with E-state index in [0.29, 0.717) is 17.5 Å². The lowest BCUT2D eigenvalue weighted by atomic mass is 9.99. The number of aromatic nitrogens is 1. The second-order valence-corrected chi connectivity index (χ2v) is 6.54. The summed E-state index contributed by atoms with van der Waals surface area (Å²) >= 11 is 5.98. The molecule has 0 saturated carbocycles. The molecule has 2 heterocycles. The van der Waals surface area contributed by atoms with Gasteiger partial charge in [-0.2, -0.15) is 0 Å². The highest BCUT2D eigenvalue weighted by atomic mass is 35.5. The van der Waals surface area contributed by atoms with Gasteiger partial charge in [0.15, 0.2) is 0 Å². The zero-order valence-electron chi connectivity index (χ0n) is 13.2. The molecule has 0 fully saturated rings. The average Bonchev–Trinajstić information content (AvgIpc) is 2.96. The molecule has 4 rings (SSSR count). The van der Waals surface area contributed by atoms with Gasteiger partial charge in [-0.25, -0.2) is 0 Å². The third kappa shape index (κ3) is 2.90. The molecule has 0 atom stereocenters. The predicted octanol–water partition coefficient (Wildman–Crippen LogP) is 4.14. The maximum absolute atomic E-state index is 6.01. The predicted molar refractivity (Wildman–Crippen MR) is 95.6 cm³/mol. The Balaban J connectivity index is 1.59. The number of nitrogen functional groups attached to an aromatic ring is 1. The van der Waals surface area contributed by atoms with Gasteiger partial charge in [0.1, 0.15) is 5.69 Å². The first-order chi connectivity index (χ1) is 11.7. The number of halogens is 1. The molecule has 0 aliphatic carbocycles. The minimum atomic E-state index is 0.352. The minimum absolute atomic E-state index is 0.352. The van der Waals surface area contributed by atoms with E-state index < -0.39 is 0 Å². The van der Waals surface area contributed by atoms with Crippen molar-refractivity contribution in [2.75, 3.05) is 12.3 Å². The summed E-state index contributed by atoms with van der Waals surface area (Å²) in [5.74, 6) is 0.352. The first kappa shape index (κ1) is 15.2. The van der Waals surface area contributed by atoms with Crippen molar-refractivity contribution in [2.45, 2.75) is 19.5 Å². The summed E-state index contributed by atoms with van der Waals surface area (Å²) in [6.07, 6.45) is 1.06. The van der Waals surface area contributed by atoms with Crippen LogP contribution in [0.3, 0.4) is 0 Å². The van der Waals surface area contributed by atoms with Gasteiger partial charge >= 0.3 is 0 Å². The van der Waals surface area contributed by atoms with E-state index in [2.05, 4.69) is 34.3 Å². The van der Waals surface area contributed by atoms with Crippen LogP contribution in [0.2, 0.25) is 5.02 Å². The summed E-state index contributed by atoms with van der Waals surface area (Å²) in [6.45, 7) is 2.64. The van der Waals surface area contributed by atoms with Crippen molar-refractivity contribution in [3.63, 3.8) is 0 Å². The van der Waals surface area contributed by atoms with Gasteiger partial charge in [0.05, 0.1) is 5.56 Å². The molecule has 0 spiro atoms. The Bertz CT molecular complexity index is 857. The largest absolute Gasteiger partial charge is 0.367 e. The van der Waals surface area contributed by atoms with Crippen LogP contribution in [0.1, 0.15) is 16.8 Å². The SMILES string of the molecule is Nc1onc(CN2CCc3ccccc3C2)c1-c1ccc(Cl)cc1. The van der Waals surface area contributed by atoms with Gasteiger partial charge in [-0.15, -0.1) is 0 Å². The lowest BCUT2D eigenvalue weighted by Gasteiger charge is -2.28. The van der Waals surface area contributed by atoms with E-state index in [9.17, 15) is 0 Å². The number of nitrogens with zero attached hydrogens (tertiary/aromatic N) is 2. The number of fused-ring (bicyclic) bond motifs is 1. The number of hydrogen-bond acceptors (Lipinski definition) is 4. The maximum Gasteiger partial charge on any atom is 0.230 e. The van der Waals surface area contributed by atoms with E-state index >= 15 is 0 Å². The van der Waals surface area contributed by atoms with Crippen LogP contribution >= 0.6 is 11.6 Å². The molecule has 122 valence electrons. The molecule has 4 nitrogen and oxygen atoms in total.